The number of hydrogen-bond donors (Lipinski definition) is 3. The van der Waals surface area contributed by atoms with Gasteiger partial charge in [0.2, 0.25) is 0 Å². The van der Waals surface area contributed by atoms with Crippen LogP contribution in [0.15, 0.2) is 18.2 Å². The number of hydrogen-bond acceptors (Lipinski definition) is 3. The van der Waals surface area contributed by atoms with Crippen molar-refractivity contribution in [2.75, 3.05) is 13.1 Å². The van der Waals surface area contributed by atoms with Crippen molar-refractivity contribution in [1.29, 1.82) is 0 Å². The summed E-state index contributed by atoms with van der Waals surface area (Å²) in [7, 11) is 0. The van der Waals surface area contributed by atoms with Gasteiger partial charge < -0.3 is 15.5 Å². The molecule has 1 aromatic rings. The Bertz CT molecular complexity index is 359. The van der Waals surface area contributed by atoms with Crippen molar-refractivity contribution in [2.45, 2.75) is 25.7 Å². The highest BCUT2D eigenvalue weighted by atomic mass is 16.3. The first-order valence-electron chi connectivity index (χ1n) is 5.89. The lowest BCUT2D eigenvalue weighted by atomic mass is 9.89. The molecular formula is C13H19NO2. The van der Waals surface area contributed by atoms with Gasteiger partial charge in [-0.2, -0.15) is 0 Å². The van der Waals surface area contributed by atoms with Gasteiger partial charge in [0.15, 0.2) is 11.5 Å². The maximum Gasteiger partial charge on any atom is 0.157 e. The van der Waals surface area contributed by atoms with Crippen molar-refractivity contribution in [3.63, 3.8) is 0 Å². The smallest absolute Gasteiger partial charge is 0.157 e. The van der Waals surface area contributed by atoms with Gasteiger partial charge in [0.05, 0.1) is 0 Å². The minimum atomic E-state index is -0.0431. The SMILES string of the molecule is CC(CC1CCNC1)c1ccc(O)c(O)c1. The number of aromatic hydroxyl groups is 2. The van der Waals surface area contributed by atoms with E-state index in [1.165, 1.54) is 6.42 Å². The van der Waals surface area contributed by atoms with Gasteiger partial charge in [-0.1, -0.05) is 13.0 Å². The number of phenols is 2. The standard InChI is InChI=1S/C13H19NO2/c1-9(6-10-4-5-14-8-10)11-2-3-12(15)13(16)7-11/h2-3,7,9-10,14-16H,4-6,8H2,1H3. The highest BCUT2D eigenvalue weighted by Crippen LogP contribution is 2.32. The van der Waals surface area contributed by atoms with E-state index in [1.807, 2.05) is 6.07 Å². The van der Waals surface area contributed by atoms with Crippen LogP contribution >= 0.6 is 0 Å². The molecule has 1 saturated heterocycles. The lowest BCUT2D eigenvalue weighted by molar-refractivity contribution is 0.401. The third-order valence-corrected chi connectivity index (χ3v) is 3.42. The summed E-state index contributed by atoms with van der Waals surface area (Å²) < 4.78 is 0. The van der Waals surface area contributed by atoms with Gasteiger partial charge in [-0.25, -0.2) is 0 Å². The van der Waals surface area contributed by atoms with Gasteiger partial charge in [-0.3, -0.25) is 0 Å². The van der Waals surface area contributed by atoms with E-state index in [4.69, 9.17) is 0 Å². The van der Waals surface area contributed by atoms with E-state index in [-0.39, 0.29) is 11.5 Å². The van der Waals surface area contributed by atoms with Crippen molar-refractivity contribution in [2.24, 2.45) is 5.92 Å². The minimum absolute atomic E-state index is 0.0195. The molecule has 2 atom stereocenters. The molecule has 1 aliphatic heterocycles. The quantitative estimate of drug-likeness (QED) is 0.686. The van der Waals surface area contributed by atoms with Gasteiger partial charge in [0, 0.05) is 0 Å². The fourth-order valence-corrected chi connectivity index (χ4v) is 2.40. The van der Waals surface area contributed by atoms with E-state index in [0.717, 1.165) is 31.0 Å². The summed E-state index contributed by atoms with van der Waals surface area (Å²) in [6, 6.07) is 5.12. The molecule has 0 aliphatic carbocycles. The highest BCUT2D eigenvalue weighted by molar-refractivity contribution is 5.41. The van der Waals surface area contributed by atoms with Gasteiger partial charge in [-0.05, 0) is 55.5 Å². The Hall–Kier alpha value is -1.22. The molecule has 0 radical (unpaired) electrons. The molecule has 16 heavy (non-hydrogen) atoms. The molecular weight excluding hydrogens is 202 g/mol. The second-order valence-corrected chi connectivity index (χ2v) is 4.74. The first kappa shape index (κ1) is 11.3. The third-order valence-electron chi connectivity index (χ3n) is 3.42. The van der Waals surface area contributed by atoms with Crippen molar-refractivity contribution in [3.8, 4) is 11.5 Å². The largest absolute Gasteiger partial charge is 0.504 e. The molecule has 3 N–H and O–H groups in total. The molecule has 0 spiro atoms. The second-order valence-electron chi connectivity index (χ2n) is 4.74. The van der Waals surface area contributed by atoms with Crippen molar-refractivity contribution in [3.05, 3.63) is 23.8 Å². The summed E-state index contributed by atoms with van der Waals surface area (Å²) in [6.45, 7) is 4.40. The summed E-state index contributed by atoms with van der Waals surface area (Å²) in [4.78, 5) is 0. The number of phenolic OH excluding ortho intramolecular Hbond substituents is 2. The maximum absolute atomic E-state index is 9.45. The molecule has 0 bridgehead atoms. The minimum Gasteiger partial charge on any atom is -0.504 e. The van der Waals surface area contributed by atoms with Crippen LogP contribution < -0.4 is 5.32 Å². The zero-order valence-corrected chi connectivity index (χ0v) is 9.61. The van der Waals surface area contributed by atoms with Crippen LogP contribution in [0.1, 0.15) is 31.2 Å². The lowest BCUT2D eigenvalue weighted by Crippen LogP contribution is -2.11. The Labute approximate surface area is 96.1 Å². The second kappa shape index (κ2) is 4.74. The number of nitrogens with one attached hydrogen (secondary N) is 1. The Morgan fingerprint density at radius 1 is 1.38 bits per heavy atom. The van der Waals surface area contributed by atoms with Gasteiger partial charge >= 0.3 is 0 Å². The lowest BCUT2D eigenvalue weighted by Gasteiger charge is -2.16. The van der Waals surface area contributed by atoms with E-state index in [2.05, 4.69) is 12.2 Å². The number of rotatable bonds is 3. The predicted molar refractivity (Wildman–Crippen MR) is 63.8 cm³/mol. The van der Waals surface area contributed by atoms with E-state index in [0.29, 0.717) is 5.92 Å². The van der Waals surface area contributed by atoms with Gasteiger partial charge in [-0.15, -0.1) is 0 Å². The third kappa shape index (κ3) is 2.47. The average molecular weight is 221 g/mol. The van der Waals surface area contributed by atoms with E-state index < -0.39 is 0 Å². The summed E-state index contributed by atoms with van der Waals surface area (Å²) in [6.07, 6.45) is 2.38. The molecule has 88 valence electrons. The van der Waals surface area contributed by atoms with Crippen LogP contribution in [0.25, 0.3) is 0 Å². The van der Waals surface area contributed by atoms with E-state index in [9.17, 15) is 10.2 Å². The molecule has 1 aromatic carbocycles. The van der Waals surface area contributed by atoms with Crippen LogP contribution in [0, 0.1) is 5.92 Å². The Morgan fingerprint density at radius 3 is 2.81 bits per heavy atom. The monoisotopic (exact) mass is 221 g/mol. The Balaban J connectivity index is 2.02. The maximum atomic E-state index is 9.45. The summed E-state index contributed by atoms with van der Waals surface area (Å²) in [5, 5.41) is 22.1. The van der Waals surface area contributed by atoms with Gasteiger partial charge in [0.1, 0.15) is 0 Å². The molecule has 3 nitrogen and oxygen atoms in total. The fourth-order valence-electron chi connectivity index (χ4n) is 2.40. The van der Waals surface area contributed by atoms with Crippen LogP contribution in [0.5, 0.6) is 11.5 Å². The van der Waals surface area contributed by atoms with Crippen LogP contribution in [-0.4, -0.2) is 23.3 Å². The zero-order valence-electron chi connectivity index (χ0n) is 9.61. The molecule has 3 heteroatoms. The normalized spacial score (nSPS) is 22.2. The van der Waals surface area contributed by atoms with E-state index >= 15 is 0 Å². The van der Waals surface area contributed by atoms with Gasteiger partial charge in [0.25, 0.3) is 0 Å². The summed E-state index contributed by atoms with van der Waals surface area (Å²) in [5.41, 5.74) is 1.10. The van der Waals surface area contributed by atoms with E-state index in [1.54, 1.807) is 12.1 Å². The summed E-state index contributed by atoms with van der Waals surface area (Å²) in [5.74, 6) is 1.11. The van der Waals surface area contributed by atoms with Crippen LogP contribution in [0.3, 0.4) is 0 Å². The fraction of sp³-hybridized carbons (Fsp3) is 0.538. The topological polar surface area (TPSA) is 52.5 Å². The zero-order chi connectivity index (χ0) is 11.5. The predicted octanol–water partition coefficient (Wildman–Crippen LogP) is 2.20. The molecule has 0 amide bonds. The molecule has 1 aliphatic rings. The van der Waals surface area contributed by atoms with Crippen molar-refractivity contribution < 1.29 is 10.2 Å². The molecule has 2 unspecified atom stereocenters. The first-order valence-corrected chi connectivity index (χ1v) is 5.89. The van der Waals surface area contributed by atoms with Crippen LogP contribution in [0.4, 0.5) is 0 Å². The highest BCUT2D eigenvalue weighted by Gasteiger charge is 2.18. The molecule has 1 fully saturated rings. The van der Waals surface area contributed by atoms with Crippen LogP contribution in [0.2, 0.25) is 0 Å². The average Bonchev–Trinajstić information content (AvgIpc) is 2.74. The summed E-state index contributed by atoms with van der Waals surface area (Å²) >= 11 is 0. The van der Waals surface area contributed by atoms with Crippen LogP contribution in [-0.2, 0) is 0 Å². The molecule has 0 aromatic heterocycles. The Morgan fingerprint density at radius 2 is 2.19 bits per heavy atom. The molecule has 2 rings (SSSR count). The number of benzene rings is 1. The Kier molecular flexibility index (Phi) is 3.34. The first-order chi connectivity index (χ1) is 7.66. The molecule has 1 heterocycles. The van der Waals surface area contributed by atoms with Crippen molar-refractivity contribution in [1.82, 2.24) is 5.32 Å². The molecule has 0 saturated carbocycles. The van der Waals surface area contributed by atoms with Crippen molar-refractivity contribution >= 4 is 0 Å².